The molecular weight excluding hydrogens is 324 g/mol. The van der Waals surface area contributed by atoms with E-state index >= 15 is 0 Å². The van der Waals surface area contributed by atoms with E-state index in [1.54, 1.807) is 4.90 Å². The lowest BCUT2D eigenvalue weighted by atomic mass is 10.0. The van der Waals surface area contributed by atoms with E-state index in [9.17, 15) is 14.4 Å². The van der Waals surface area contributed by atoms with E-state index in [4.69, 9.17) is 0 Å². The summed E-state index contributed by atoms with van der Waals surface area (Å²) >= 11 is 1.87. The van der Waals surface area contributed by atoms with Crippen molar-refractivity contribution in [1.82, 2.24) is 10.2 Å². The van der Waals surface area contributed by atoms with Crippen molar-refractivity contribution in [2.75, 3.05) is 0 Å². The van der Waals surface area contributed by atoms with Gasteiger partial charge in [-0.3, -0.25) is 19.7 Å². The molecule has 6 heteroatoms. The molecule has 24 heavy (non-hydrogen) atoms. The summed E-state index contributed by atoms with van der Waals surface area (Å²) in [6.45, 7) is 0.469. The summed E-state index contributed by atoms with van der Waals surface area (Å²) in [5.41, 5.74) is 1.76. The number of hydrogen-bond acceptors (Lipinski definition) is 4. The first-order valence-corrected chi connectivity index (χ1v) is 9.44. The van der Waals surface area contributed by atoms with Crippen molar-refractivity contribution in [3.63, 3.8) is 0 Å². The third kappa shape index (κ3) is 2.73. The molecule has 1 atom stereocenters. The quantitative estimate of drug-likeness (QED) is 0.856. The maximum absolute atomic E-state index is 12.8. The van der Waals surface area contributed by atoms with Gasteiger partial charge in [0.1, 0.15) is 6.04 Å². The minimum Gasteiger partial charge on any atom is -0.322 e. The summed E-state index contributed by atoms with van der Waals surface area (Å²) in [6.07, 6.45) is 5.75. The van der Waals surface area contributed by atoms with Gasteiger partial charge in [0.25, 0.3) is 5.91 Å². The number of nitrogens with zero attached hydrogens (tertiary/aromatic N) is 1. The minimum absolute atomic E-state index is 0.0895. The van der Waals surface area contributed by atoms with Crippen molar-refractivity contribution in [2.24, 2.45) is 0 Å². The fraction of sp³-hybridized carbons (Fsp3) is 0.500. The Bertz CT molecular complexity index is 712. The molecule has 3 aliphatic rings. The number of benzene rings is 1. The molecule has 126 valence electrons. The largest absolute Gasteiger partial charge is 0.322 e. The van der Waals surface area contributed by atoms with Gasteiger partial charge in [0, 0.05) is 28.7 Å². The highest BCUT2D eigenvalue weighted by Crippen LogP contribution is 2.40. The van der Waals surface area contributed by atoms with Crippen molar-refractivity contribution in [3.05, 3.63) is 29.3 Å². The molecule has 0 spiro atoms. The number of imide groups is 1. The van der Waals surface area contributed by atoms with Crippen molar-refractivity contribution < 1.29 is 14.4 Å². The first kappa shape index (κ1) is 15.7. The van der Waals surface area contributed by atoms with Gasteiger partial charge in [-0.05, 0) is 37.0 Å². The second-order valence-electron chi connectivity index (χ2n) is 6.71. The van der Waals surface area contributed by atoms with Crippen LogP contribution in [0, 0.1) is 0 Å². The molecule has 4 rings (SSSR count). The lowest BCUT2D eigenvalue weighted by Crippen LogP contribution is -2.52. The summed E-state index contributed by atoms with van der Waals surface area (Å²) in [4.78, 5) is 39.0. The number of piperidine rings is 1. The molecule has 0 radical (unpaired) electrons. The molecule has 1 aromatic carbocycles. The molecule has 1 unspecified atom stereocenters. The Hall–Kier alpha value is -1.82. The Morgan fingerprint density at radius 3 is 2.62 bits per heavy atom. The lowest BCUT2D eigenvalue weighted by molar-refractivity contribution is -0.136. The zero-order chi connectivity index (χ0) is 16.7. The highest BCUT2D eigenvalue weighted by atomic mass is 32.2. The summed E-state index contributed by atoms with van der Waals surface area (Å²) in [7, 11) is 0. The van der Waals surface area contributed by atoms with Crippen LogP contribution < -0.4 is 5.32 Å². The minimum atomic E-state index is -0.535. The van der Waals surface area contributed by atoms with Crippen molar-refractivity contribution in [1.29, 1.82) is 0 Å². The van der Waals surface area contributed by atoms with Crippen LogP contribution in [0.5, 0.6) is 0 Å². The molecule has 2 heterocycles. The molecule has 0 aromatic heterocycles. The second-order valence-corrected chi connectivity index (χ2v) is 8.05. The van der Waals surface area contributed by atoms with Gasteiger partial charge in [0.2, 0.25) is 11.8 Å². The van der Waals surface area contributed by atoms with Crippen molar-refractivity contribution in [2.45, 2.75) is 61.3 Å². The molecule has 1 aliphatic carbocycles. The molecule has 1 saturated heterocycles. The summed E-state index contributed by atoms with van der Waals surface area (Å²) < 4.78 is 0. The average Bonchev–Trinajstić information content (AvgIpc) is 3.17. The number of hydrogen-bond donors (Lipinski definition) is 1. The number of fused-ring (bicyclic) bond motifs is 1. The molecule has 1 saturated carbocycles. The maximum Gasteiger partial charge on any atom is 0.255 e. The second kappa shape index (κ2) is 6.24. The van der Waals surface area contributed by atoms with E-state index < -0.39 is 6.04 Å². The Balaban J connectivity index is 1.57. The first-order chi connectivity index (χ1) is 11.6. The standard InChI is InChI=1S/C18H20N2O3S/c21-16-9-8-14(17(22)19-16)20-10-13-12(18(20)23)6-3-7-15(13)24-11-4-1-2-5-11/h3,6-7,11,14H,1-2,4-5,8-10H2,(H,19,21,22). The van der Waals surface area contributed by atoms with Gasteiger partial charge < -0.3 is 4.90 Å². The van der Waals surface area contributed by atoms with E-state index in [1.807, 2.05) is 23.9 Å². The highest BCUT2D eigenvalue weighted by Gasteiger charge is 2.40. The Morgan fingerprint density at radius 1 is 1.08 bits per heavy atom. The van der Waals surface area contributed by atoms with Crippen LogP contribution in [0.25, 0.3) is 0 Å². The Kier molecular flexibility index (Phi) is 4.08. The van der Waals surface area contributed by atoms with Crippen molar-refractivity contribution >= 4 is 29.5 Å². The third-order valence-electron chi connectivity index (χ3n) is 5.13. The van der Waals surface area contributed by atoms with Gasteiger partial charge in [-0.2, -0.15) is 0 Å². The van der Waals surface area contributed by atoms with Crippen LogP contribution in [-0.2, 0) is 16.1 Å². The molecule has 5 nitrogen and oxygen atoms in total. The number of carbonyl (C=O) groups excluding carboxylic acids is 3. The fourth-order valence-electron chi connectivity index (χ4n) is 3.85. The van der Waals surface area contributed by atoms with Gasteiger partial charge in [0.15, 0.2) is 0 Å². The smallest absolute Gasteiger partial charge is 0.255 e. The lowest BCUT2D eigenvalue weighted by Gasteiger charge is -2.29. The number of rotatable bonds is 3. The van der Waals surface area contributed by atoms with E-state index in [0.29, 0.717) is 30.2 Å². The van der Waals surface area contributed by atoms with Gasteiger partial charge in [-0.25, -0.2) is 0 Å². The van der Waals surface area contributed by atoms with Crippen LogP contribution in [-0.4, -0.2) is 33.9 Å². The van der Waals surface area contributed by atoms with Crippen LogP contribution in [0.2, 0.25) is 0 Å². The van der Waals surface area contributed by atoms with Crippen molar-refractivity contribution in [3.8, 4) is 0 Å². The first-order valence-electron chi connectivity index (χ1n) is 8.56. The van der Waals surface area contributed by atoms with E-state index in [0.717, 1.165) is 5.56 Å². The van der Waals surface area contributed by atoms with Crippen LogP contribution >= 0.6 is 11.8 Å². The molecule has 2 fully saturated rings. The van der Waals surface area contributed by atoms with Crippen LogP contribution in [0.4, 0.5) is 0 Å². The average molecular weight is 344 g/mol. The third-order valence-corrected chi connectivity index (χ3v) is 6.58. The SMILES string of the molecule is O=C1CCC(N2Cc3c(SC4CCCC4)cccc3C2=O)C(=O)N1. The topological polar surface area (TPSA) is 66.5 Å². The number of carbonyl (C=O) groups is 3. The normalized spacial score (nSPS) is 24.4. The maximum atomic E-state index is 12.8. The molecule has 3 amide bonds. The number of nitrogens with one attached hydrogen (secondary N) is 1. The zero-order valence-electron chi connectivity index (χ0n) is 13.4. The summed E-state index contributed by atoms with van der Waals surface area (Å²) in [5.74, 6) is -0.691. The number of amides is 3. The Morgan fingerprint density at radius 2 is 1.88 bits per heavy atom. The van der Waals surface area contributed by atoms with Crippen LogP contribution in [0.1, 0.15) is 54.4 Å². The van der Waals surface area contributed by atoms with Gasteiger partial charge >= 0.3 is 0 Å². The zero-order valence-corrected chi connectivity index (χ0v) is 14.2. The van der Waals surface area contributed by atoms with Gasteiger partial charge in [0.05, 0.1) is 0 Å². The molecule has 0 bridgehead atoms. The van der Waals surface area contributed by atoms with Gasteiger partial charge in [-0.15, -0.1) is 11.8 Å². The summed E-state index contributed by atoms with van der Waals surface area (Å²) in [5, 5.41) is 2.99. The van der Waals surface area contributed by atoms with E-state index in [2.05, 4.69) is 11.4 Å². The molecule has 1 aromatic rings. The highest BCUT2D eigenvalue weighted by molar-refractivity contribution is 8.00. The Labute approximate surface area is 145 Å². The van der Waals surface area contributed by atoms with E-state index in [-0.39, 0.29) is 17.7 Å². The van der Waals surface area contributed by atoms with Gasteiger partial charge in [-0.1, -0.05) is 18.9 Å². The molecule has 2 aliphatic heterocycles. The van der Waals surface area contributed by atoms with Crippen LogP contribution in [0.15, 0.2) is 23.1 Å². The predicted molar refractivity (Wildman–Crippen MR) is 90.6 cm³/mol. The molecule has 1 N–H and O–H groups in total. The monoisotopic (exact) mass is 344 g/mol. The predicted octanol–water partition coefficient (Wildman–Crippen LogP) is 2.48. The van der Waals surface area contributed by atoms with Crippen LogP contribution in [0.3, 0.4) is 0 Å². The number of thioether (sulfide) groups is 1. The summed E-state index contributed by atoms with van der Waals surface area (Å²) in [6, 6.07) is 5.33. The van der Waals surface area contributed by atoms with E-state index in [1.165, 1.54) is 30.6 Å². The molecular formula is C18H20N2O3S. The fourth-order valence-corrected chi connectivity index (χ4v) is 5.26.